The zero-order chi connectivity index (χ0) is 13.5. The lowest BCUT2D eigenvalue weighted by atomic mass is 10.2. The van der Waals surface area contributed by atoms with E-state index in [9.17, 15) is 8.78 Å². The second kappa shape index (κ2) is 4.27. The Labute approximate surface area is 107 Å². The molecule has 5 nitrogen and oxygen atoms in total. The van der Waals surface area contributed by atoms with Crippen LogP contribution < -0.4 is 10.4 Å². The monoisotopic (exact) mass is 266 g/mol. The van der Waals surface area contributed by atoms with Crippen molar-refractivity contribution in [1.82, 2.24) is 9.97 Å². The number of benzene rings is 1. The molecule has 0 atom stereocenters. The minimum atomic E-state index is -2.70. The van der Waals surface area contributed by atoms with Crippen molar-refractivity contribution in [1.29, 1.82) is 0 Å². The van der Waals surface area contributed by atoms with Gasteiger partial charge in [-0.05, 0) is 12.1 Å². The zero-order valence-electron chi connectivity index (χ0n) is 9.98. The van der Waals surface area contributed by atoms with Gasteiger partial charge in [0.05, 0.1) is 12.1 Å². The van der Waals surface area contributed by atoms with Crippen LogP contribution in [-0.4, -0.2) is 34.2 Å². The number of nitrogens with one attached hydrogen (secondary N) is 1. The van der Waals surface area contributed by atoms with Crippen molar-refractivity contribution in [2.24, 2.45) is 0 Å². The summed E-state index contributed by atoms with van der Waals surface area (Å²) in [7, 11) is 0. The second-order valence-corrected chi connectivity index (χ2v) is 4.53. The Kier molecular flexibility index (Phi) is 2.70. The van der Waals surface area contributed by atoms with Crippen molar-refractivity contribution in [2.45, 2.75) is 12.3 Å². The summed E-state index contributed by atoms with van der Waals surface area (Å²) in [6, 6.07) is 7.12. The Balaban J connectivity index is 2.11. The van der Waals surface area contributed by atoms with Crippen molar-refractivity contribution in [3.8, 4) is 0 Å². The van der Waals surface area contributed by atoms with E-state index >= 15 is 0 Å². The zero-order valence-corrected chi connectivity index (χ0v) is 9.98. The van der Waals surface area contributed by atoms with Crippen LogP contribution in [-0.2, 0) is 0 Å². The van der Waals surface area contributed by atoms with E-state index < -0.39 is 5.92 Å². The maximum atomic E-state index is 13.3. The van der Waals surface area contributed by atoms with Crippen molar-refractivity contribution in [2.75, 3.05) is 23.5 Å². The van der Waals surface area contributed by atoms with Gasteiger partial charge >= 0.3 is 0 Å². The third-order valence-corrected chi connectivity index (χ3v) is 3.15. The number of aromatic nitrogens is 2. The molecule has 7 heteroatoms. The average Bonchev–Trinajstić information content (AvgIpc) is 2.77. The van der Waals surface area contributed by atoms with E-state index in [1.54, 1.807) is 24.3 Å². The van der Waals surface area contributed by atoms with Crippen LogP contribution in [0, 0.1) is 0 Å². The number of para-hydroxylation sites is 1. The summed E-state index contributed by atoms with van der Waals surface area (Å²) in [5.41, 5.74) is 2.46. The highest BCUT2D eigenvalue weighted by molar-refractivity contribution is 5.90. The Bertz CT molecular complexity index is 620. The molecule has 0 radical (unpaired) electrons. The van der Waals surface area contributed by atoms with Crippen molar-refractivity contribution in [3.05, 3.63) is 24.3 Å². The summed E-state index contributed by atoms with van der Waals surface area (Å²) in [4.78, 5) is 9.68. The minimum absolute atomic E-state index is 0.00363. The number of alkyl halides is 2. The first-order chi connectivity index (χ1) is 9.09. The van der Waals surface area contributed by atoms with Gasteiger partial charge in [0.2, 0.25) is 5.95 Å². The third-order valence-electron chi connectivity index (χ3n) is 3.15. The van der Waals surface area contributed by atoms with Crippen LogP contribution in [0.5, 0.6) is 0 Å². The van der Waals surface area contributed by atoms with Crippen molar-refractivity contribution in [3.63, 3.8) is 0 Å². The van der Waals surface area contributed by atoms with Crippen LogP contribution in [0.2, 0.25) is 0 Å². The number of hydrogen-bond acceptors (Lipinski definition) is 5. The minimum Gasteiger partial charge on any atom is -0.350 e. The molecule has 0 amide bonds. The van der Waals surface area contributed by atoms with E-state index in [4.69, 9.17) is 5.21 Å². The first-order valence-electron chi connectivity index (χ1n) is 5.89. The molecule has 0 saturated carbocycles. The molecule has 100 valence electrons. The van der Waals surface area contributed by atoms with Gasteiger partial charge in [0.1, 0.15) is 5.82 Å². The molecule has 1 aromatic heterocycles. The molecule has 0 unspecified atom stereocenters. The Morgan fingerprint density at radius 2 is 2.05 bits per heavy atom. The standard InChI is InChI=1S/C12H12F2N4O/c13-12(14)5-6-18(7-12)10-8-3-1-2-4-9(8)15-11(16-10)17-19/h1-4,19H,5-7H2,(H,15,16,17). The molecule has 0 aliphatic carbocycles. The highest BCUT2D eigenvalue weighted by Gasteiger charge is 2.39. The molecule has 0 bridgehead atoms. The largest absolute Gasteiger partial charge is 0.350 e. The number of hydrogen-bond donors (Lipinski definition) is 2. The van der Waals surface area contributed by atoms with Crippen LogP contribution in [0.4, 0.5) is 20.5 Å². The molecule has 3 rings (SSSR count). The van der Waals surface area contributed by atoms with Gasteiger partial charge in [0, 0.05) is 18.4 Å². The van der Waals surface area contributed by atoms with E-state index in [-0.39, 0.29) is 25.5 Å². The molecular weight excluding hydrogens is 254 g/mol. The quantitative estimate of drug-likeness (QED) is 0.816. The predicted molar refractivity (Wildman–Crippen MR) is 66.7 cm³/mol. The summed E-state index contributed by atoms with van der Waals surface area (Å²) >= 11 is 0. The fourth-order valence-electron chi connectivity index (χ4n) is 2.27. The van der Waals surface area contributed by atoms with E-state index in [1.807, 2.05) is 5.48 Å². The van der Waals surface area contributed by atoms with Crippen LogP contribution >= 0.6 is 0 Å². The lowest BCUT2D eigenvalue weighted by molar-refractivity contribution is 0.0257. The van der Waals surface area contributed by atoms with Gasteiger partial charge in [0.15, 0.2) is 0 Å². The molecule has 1 saturated heterocycles. The molecule has 2 N–H and O–H groups in total. The van der Waals surface area contributed by atoms with Gasteiger partial charge in [0.25, 0.3) is 5.92 Å². The number of rotatable bonds is 2. The molecular formula is C12H12F2N4O. The third kappa shape index (κ3) is 2.17. The summed E-state index contributed by atoms with van der Waals surface area (Å²) < 4.78 is 26.6. The molecule has 19 heavy (non-hydrogen) atoms. The van der Waals surface area contributed by atoms with Crippen LogP contribution in [0.25, 0.3) is 10.9 Å². The summed E-state index contributed by atoms with van der Waals surface area (Å²) in [5, 5.41) is 9.62. The Morgan fingerprint density at radius 1 is 1.26 bits per heavy atom. The van der Waals surface area contributed by atoms with Gasteiger partial charge in [-0.1, -0.05) is 12.1 Å². The van der Waals surface area contributed by atoms with Crippen LogP contribution in [0.1, 0.15) is 6.42 Å². The second-order valence-electron chi connectivity index (χ2n) is 4.53. The summed E-state index contributed by atoms with van der Waals surface area (Å²) in [6.45, 7) is -0.127. The van der Waals surface area contributed by atoms with Crippen molar-refractivity contribution < 1.29 is 14.0 Å². The molecule has 2 heterocycles. The highest BCUT2D eigenvalue weighted by Crippen LogP contribution is 2.33. The molecule has 1 fully saturated rings. The average molecular weight is 266 g/mol. The molecule has 2 aromatic rings. The van der Waals surface area contributed by atoms with Gasteiger partial charge in [-0.2, -0.15) is 4.98 Å². The topological polar surface area (TPSA) is 61.3 Å². The molecule has 0 spiro atoms. The summed E-state index contributed by atoms with van der Waals surface area (Å²) in [5.74, 6) is -2.28. The first kappa shape index (κ1) is 12.0. The lowest BCUT2D eigenvalue weighted by Gasteiger charge is -2.19. The summed E-state index contributed by atoms with van der Waals surface area (Å²) in [6.07, 6.45) is -0.187. The maximum absolute atomic E-state index is 13.3. The first-order valence-corrected chi connectivity index (χ1v) is 5.89. The number of nitrogens with zero attached hydrogens (tertiary/aromatic N) is 3. The Morgan fingerprint density at radius 3 is 2.74 bits per heavy atom. The molecule has 1 aromatic carbocycles. The van der Waals surface area contributed by atoms with Gasteiger partial charge in [-0.15, -0.1) is 0 Å². The van der Waals surface area contributed by atoms with Gasteiger partial charge in [-0.3, -0.25) is 5.21 Å². The highest BCUT2D eigenvalue weighted by atomic mass is 19.3. The smallest absolute Gasteiger partial charge is 0.266 e. The van der Waals surface area contributed by atoms with E-state index in [0.29, 0.717) is 16.7 Å². The van der Waals surface area contributed by atoms with Crippen LogP contribution in [0.15, 0.2) is 24.3 Å². The van der Waals surface area contributed by atoms with Crippen molar-refractivity contribution >= 4 is 22.7 Å². The normalized spacial score (nSPS) is 17.9. The maximum Gasteiger partial charge on any atom is 0.266 e. The predicted octanol–water partition coefficient (Wildman–Crippen LogP) is 2.28. The lowest BCUT2D eigenvalue weighted by Crippen LogP contribution is -2.26. The van der Waals surface area contributed by atoms with E-state index in [1.165, 1.54) is 4.90 Å². The number of anilines is 2. The fraction of sp³-hybridized carbons (Fsp3) is 0.333. The SMILES string of the molecule is ONc1nc(N2CCC(F)(F)C2)c2ccccc2n1. The van der Waals surface area contributed by atoms with Crippen LogP contribution in [0.3, 0.4) is 0 Å². The molecule has 1 aliphatic heterocycles. The number of fused-ring (bicyclic) bond motifs is 1. The number of halogens is 2. The van der Waals surface area contributed by atoms with E-state index in [0.717, 1.165) is 0 Å². The van der Waals surface area contributed by atoms with Gasteiger partial charge in [-0.25, -0.2) is 19.2 Å². The Hall–Kier alpha value is -2.02. The van der Waals surface area contributed by atoms with E-state index in [2.05, 4.69) is 9.97 Å². The molecule has 1 aliphatic rings. The fourth-order valence-corrected chi connectivity index (χ4v) is 2.27. The van der Waals surface area contributed by atoms with Gasteiger partial charge < -0.3 is 4.90 Å².